The number of benzene rings is 2. The standard InChI is InChI=1S/C19H18F2N2O2/c20-14-5-7-16(17(21)11-14)19(25)22-9-8-18(24)23-15-6-4-12-2-1-3-13(12)10-15/h4-7,10-11H,1-3,8-9H2,(H,22,25)(H,23,24). The molecule has 2 aromatic carbocycles. The highest BCUT2D eigenvalue weighted by Crippen LogP contribution is 2.24. The van der Waals surface area contributed by atoms with Crippen LogP contribution in [0.5, 0.6) is 0 Å². The smallest absolute Gasteiger partial charge is 0.254 e. The predicted molar refractivity (Wildman–Crippen MR) is 90.4 cm³/mol. The number of rotatable bonds is 5. The van der Waals surface area contributed by atoms with Crippen molar-refractivity contribution < 1.29 is 18.4 Å². The van der Waals surface area contributed by atoms with E-state index < -0.39 is 17.5 Å². The third kappa shape index (κ3) is 4.21. The second-order valence-corrected chi connectivity index (χ2v) is 6.02. The summed E-state index contributed by atoms with van der Waals surface area (Å²) in [6.45, 7) is 0.0619. The summed E-state index contributed by atoms with van der Waals surface area (Å²) in [5.74, 6) is -2.59. The zero-order valence-corrected chi connectivity index (χ0v) is 13.6. The third-order valence-corrected chi connectivity index (χ3v) is 4.20. The zero-order chi connectivity index (χ0) is 17.8. The summed E-state index contributed by atoms with van der Waals surface area (Å²) in [5.41, 5.74) is 3.08. The van der Waals surface area contributed by atoms with Crippen LogP contribution in [0.4, 0.5) is 14.5 Å². The van der Waals surface area contributed by atoms with Gasteiger partial charge in [0, 0.05) is 24.7 Å². The second kappa shape index (κ2) is 7.42. The highest BCUT2D eigenvalue weighted by Gasteiger charge is 2.14. The Balaban J connectivity index is 1.48. The number of carbonyl (C=O) groups excluding carboxylic acids is 2. The average molecular weight is 344 g/mol. The molecule has 0 radical (unpaired) electrons. The predicted octanol–water partition coefficient (Wildman–Crippen LogP) is 3.21. The van der Waals surface area contributed by atoms with E-state index in [4.69, 9.17) is 0 Å². The van der Waals surface area contributed by atoms with Crippen LogP contribution in [0, 0.1) is 11.6 Å². The molecule has 0 fully saturated rings. The molecule has 0 atom stereocenters. The Kier molecular flexibility index (Phi) is 5.07. The van der Waals surface area contributed by atoms with Crippen LogP contribution in [0.25, 0.3) is 0 Å². The molecule has 2 aromatic rings. The number of hydrogen-bond donors (Lipinski definition) is 2. The van der Waals surface area contributed by atoms with Gasteiger partial charge in [0.1, 0.15) is 11.6 Å². The van der Waals surface area contributed by atoms with Crippen molar-refractivity contribution in [3.63, 3.8) is 0 Å². The molecule has 4 nitrogen and oxygen atoms in total. The van der Waals surface area contributed by atoms with Crippen LogP contribution in [0.3, 0.4) is 0 Å². The highest BCUT2D eigenvalue weighted by atomic mass is 19.1. The zero-order valence-electron chi connectivity index (χ0n) is 13.6. The molecular weight excluding hydrogens is 326 g/mol. The molecule has 0 aromatic heterocycles. The maximum absolute atomic E-state index is 13.5. The van der Waals surface area contributed by atoms with Crippen LogP contribution in [0.2, 0.25) is 0 Å². The molecule has 0 saturated carbocycles. The molecule has 2 amide bonds. The summed E-state index contributed by atoms with van der Waals surface area (Å²) in [5, 5.41) is 5.25. The lowest BCUT2D eigenvalue weighted by atomic mass is 10.1. The first-order valence-electron chi connectivity index (χ1n) is 8.18. The third-order valence-electron chi connectivity index (χ3n) is 4.20. The number of aryl methyl sites for hydroxylation is 2. The van der Waals surface area contributed by atoms with E-state index in [0.29, 0.717) is 6.07 Å². The van der Waals surface area contributed by atoms with E-state index in [2.05, 4.69) is 10.6 Å². The van der Waals surface area contributed by atoms with Gasteiger partial charge in [0.15, 0.2) is 0 Å². The molecule has 0 saturated heterocycles. The van der Waals surface area contributed by atoms with E-state index in [9.17, 15) is 18.4 Å². The van der Waals surface area contributed by atoms with E-state index in [-0.39, 0.29) is 24.4 Å². The molecule has 25 heavy (non-hydrogen) atoms. The van der Waals surface area contributed by atoms with Crippen molar-refractivity contribution in [1.82, 2.24) is 5.32 Å². The van der Waals surface area contributed by atoms with Gasteiger partial charge in [-0.1, -0.05) is 6.07 Å². The van der Waals surface area contributed by atoms with Gasteiger partial charge in [-0.15, -0.1) is 0 Å². The van der Waals surface area contributed by atoms with Crippen molar-refractivity contribution in [2.75, 3.05) is 11.9 Å². The number of anilines is 1. The molecule has 0 spiro atoms. The second-order valence-electron chi connectivity index (χ2n) is 6.02. The number of amides is 2. The van der Waals surface area contributed by atoms with Crippen molar-refractivity contribution in [2.45, 2.75) is 25.7 Å². The quantitative estimate of drug-likeness (QED) is 0.875. The van der Waals surface area contributed by atoms with E-state index in [1.807, 2.05) is 18.2 Å². The number of carbonyl (C=O) groups is 2. The maximum Gasteiger partial charge on any atom is 0.254 e. The largest absolute Gasteiger partial charge is 0.351 e. The number of hydrogen-bond acceptors (Lipinski definition) is 2. The average Bonchev–Trinajstić information content (AvgIpc) is 3.02. The van der Waals surface area contributed by atoms with Gasteiger partial charge in [-0.3, -0.25) is 9.59 Å². The van der Waals surface area contributed by atoms with Crippen LogP contribution in [0.1, 0.15) is 34.3 Å². The van der Waals surface area contributed by atoms with Crippen molar-refractivity contribution >= 4 is 17.5 Å². The van der Waals surface area contributed by atoms with Crippen LogP contribution < -0.4 is 10.6 Å². The molecule has 1 aliphatic rings. The highest BCUT2D eigenvalue weighted by molar-refractivity contribution is 5.95. The summed E-state index contributed by atoms with van der Waals surface area (Å²) in [6, 6.07) is 8.61. The first-order chi connectivity index (χ1) is 12.0. The first kappa shape index (κ1) is 17.1. The van der Waals surface area contributed by atoms with Crippen LogP contribution in [0.15, 0.2) is 36.4 Å². The van der Waals surface area contributed by atoms with Crippen molar-refractivity contribution in [2.24, 2.45) is 0 Å². The summed E-state index contributed by atoms with van der Waals surface area (Å²) < 4.78 is 26.3. The Bertz CT molecular complexity index is 821. The van der Waals surface area contributed by atoms with Crippen molar-refractivity contribution in [3.8, 4) is 0 Å². The minimum Gasteiger partial charge on any atom is -0.351 e. The van der Waals surface area contributed by atoms with Crippen molar-refractivity contribution in [3.05, 3.63) is 64.7 Å². The van der Waals surface area contributed by atoms with E-state index in [0.717, 1.165) is 37.1 Å². The molecule has 130 valence electrons. The van der Waals surface area contributed by atoms with Gasteiger partial charge in [-0.25, -0.2) is 8.78 Å². The van der Waals surface area contributed by atoms with E-state index in [1.165, 1.54) is 11.1 Å². The Morgan fingerprint density at radius 3 is 2.60 bits per heavy atom. The fourth-order valence-electron chi connectivity index (χ4n) is 2.93. The summed E-state index contributed by atoms with van der Waals surface area (Å²) >= 11 is 0. The van der Waals surface area contributed by atoms with Gasteiger partial charge < -0.3 is 10.6 Å². The molecule has 6 heteroatoms. The van der Waals surface area contributed by atoms with Gasteiger partial charge in [0.25, 0.3) is 5.91 Å². The fraction of sp³-hybridized carbons (Fsp3) is 0.263. The van der Waals surface area contributed by atoms with Gasteiger partial charge in [-0.05, 0) is 54.7 Å². The topological polar surface area (TPSA) is 58.2 Å². The Hall–Kier alpha value is -2.76. The summed E-state index contributed by atoms with van der Waals surface area (Å²) in [6.07, 6.45) is 3.30. The molecular formula is C19H18F2N2O2. The van der Waals surface area contributed by atoms with E-state index >= 15 is 0 Å². The number of halogens is 2. The lowest BCUT2D eigenvalue weighted by Gasteiger charge is -2.09. The first-order valence-corrected chi connectivity index (χ1v) is 8.18. The molecule has 1 aliphatic carbocycles. The summed E-state index contributed by atoms with van der Waals surface area (Å²) in [7, 11) is 0. The lowest BCUT2D eigenvalue weighted by molar-refractivity contribution is -0.116. The van der Waals surface area contributed by atoms with Gasteiger partial charge in [0.2, 0.25) is 5.91 Å². The van der Waals surface area contributed by atoms with Gasteiger partial charge in [-0.2, -0.15) is 0 Å². The molecule has 0 unspecified atom stereocenters. The Morgan fingerprint density at radius 2 is 1.80 bits per heavy atom. The van der Waals surface area contributed by atoms with Gasteiger partial charge >= 0.3 is 0 Å². The minimum absolute atomic E-state index is 0.0611. The number of nitrogens with one attached hydrogen (secondary N) is 2. The van der Waals surface area contributed by atoms with Crippen molar-refractivity contribution in [1.29, 1.82) is 0 Å². The lowest BCUT2D eigenvalue weighted by Crippen LogP contribution is -2.28. The number of fused-ring (bicyclic) bond motifs is 1. The van der Waals surface area contributed by atoms with E-state index in [1.54, 1.807) is 0 Å². The Labute approximate surface area is 144 Å². The Morgan fingerprint density at radius 1 is 1.00 bits per heavy atom. The van der Waals surface area contributed by atoms with Crippen LogP contribution in [-0.4, -0.2) is 18.4 Å². The molecule has 0 aliphatic heterocycles. The van der Waals surface area contributed by atoms with Crippen LogP contribution in [-0.2, 0) is 17.6 Å². The SMILES string of the molecule is O=C(CCNC(=O)c1ccc(F)cc1F)Nc1ccc2c(c1)CCC2. The monoisotopic (exact) mass is 344 g/mol. The summed E-state index contributed by atoms with van der Waals surface area (Å²) in [4.78, 5) is 23.8. The maximum atomic E-state index is 13.5. The molecule has 2 N–H and O–H groups in total. The fourth-order valence-corrected chi connectivity index (χ4v) is 2.93. The molecule has 0 bridgehead atoms. The normalized spacial score (nSPS) is 12.6. The van der Waals surface area contributed by atoms with Gasteiger partial charge in [0.05, 0.1) is 5.56 Å². The molecule has 0 heterocycles. The van der Waals surface area contributed by atoms with Crippen LogP contribution >= 0.6 is 0 Å². The minimum atomic E-state index is -0.930. The molecule has 3 rings (SSSR count).